The molecule has 120 valence electrons. The third-order valence-electron chi connectivity index (χ3n) is 4.17. The van der Waals surface area contributed by atoms with E-state index < -0.39 is 5.97 Å². The van der Waals surface area contributed by atoms with Crippen LogP contribution in [-0.4, -0.2) is 47.3 Å². The van der Waals surface area contributed by atoms with E-state index in [1.54, 1.807) is 24.3 Å². The summed E-state index contributed by atoms with van der Waals surface area (Å²) in [6.45, 7) is 4.54. The molecule has 5 heteroatoms. The van der Waals surface area contributed by atoms with Gasteiger partial charge in [0.1, 0.15) is 5.75 Å². The van der Waals surface area contributed by atoms with Gasteiger partial charge in [-0.2, -0.15) is 0 Å². The van der Waals surface area contributed by atoms with E-state index in [1.807, 2.05) is 24.3 Å². The van der Waals surface area contributed by atoms with Crippen molar-refractivity contribution in [1.82, 2.24) is 4.90 Å². The van der Waals surface area contributed by atoms with Crippen LogP contribution in [0, 0.1) is 0 Å². The number of carboxylic acids is 1. The van der Waals surface area contributed by atoms with Crippen LogP contribution in [0.2, 0.25) is 0 Å². The molecule has 5 nitrogen and oxygen atoms in total. The van der Waals surface area contributed by atoms with Crippen molar-refractivity contribution >= 4 is 11.7 Å². The monoisotopic (exact) mass is 312 g/mol. The van der Waals surface area contributed by atoms with Crippen molar-refractivity contribution in [2.75, 3.05) is 31.1 Å². The fraction of sp³-hybridized carbons (Fsp3) is 0.278. The summed E-state index contributed by atoms with van der Waals surface area (Å²) >= 11 is 0. The maximum absolute atomic E-state index is 10.9. The molecular weight excluding hydrogens is 292 g/mol. The maximum Gasteiger partial charge on any atom is 0.335 e. The molecule has 2 N–H and O–H groups in total. The topological polar surface area (TPSA) is 64.0 Å². The molecule has 0 saturated carbocycles. The minimum Gasteiger partial charge on any atom is -0.508 e. The van der Waals surface area contributed by atoms with Crippen molar-refractivity contribution < 1.29 is 15.0 Å². The maximum atomic E-state index is 10.9. The Kier molecular flexibility index (Phi) is 4.48. The zero-order chi connectivity index (χ0) is 16.2. The molecule has 3 rings (SSSR count). The molecule has 0 spiro atoms. The number of phenolic OH excluding ortho intramolecular Hbond substituents is 1. The number of carboxylic acid groups (broad SMARTS) is 1. The Morgan fingerprint density at radius 1 is 1.00 bits per heavy atom. The first kappa shape index (κ1) is 15.4. The molecule has 0 atom stereocenters. The average molecular weight is 312 g/mol. The molecule has 2 aromatic rings. The molecule has 1 fully saturated rings. The largest absolute Gasteiger partial charge is 0.508 e. The Bertz CT molecular complexity index is 677. The second-order valence-electron chi connectivity index (χ2n) is 5.79. The molecular formula is C18H20N2O3. The molecule has 1 aliphatic rings. The van der Waals surface area contributed by atoms with Crippen molar-refractivity contribution in [2.45, 2.75) is 6.54 Å². The number of nitrogens with zero attached hydrogens (tertiary/aromatic N) is 2. The number of hydrogen-bond donors (Lipinski definition) is 2. The highest BCUT2D eigenvalue weighted by Crippen LogP contribution is 2.21. The number of aromatic carboxylic acids is 1. The first-order chi connectivity index (χ1) is 11.1. The highest BCUT2D eigenvalue weighted by molar-refractivity contribution is 5.87. The van der Waals surface area contributed by atoms with Crippen LogP contribution < -0.4 is 4.90 Å². The Labute approximate surface area is 135 Å². The Hall–Kier alpha value is -2.53. The second-order valence-corrected chi connectivity index (χ2v) is 5.79. The van der Waals surface area contributed by atoms with Gasteiger partial charge in [0.2, 0.25) is 0 Å². The summed E-state index contributed by atoms with van der Waals surface area (Å²) < 4.78 is 0. The van der Waals surface area contributed by atoms with Crippen LogP contribution in [0.3, 0.4) is 0 Å². The number of phenols is 1. The minimum atomic E-state index is -0.892. The molecule has 1 saturated heterocycles. The lowest BCUT2D eigenvalue weighted by Crippen LogP contribution is -2.45. The molecule has 0 aromatic heterocycles. The van der Waals surface area contributed by atoms with Crippen molar-refractivity contribution in [2.24, 2.45) is 0 Å². The SMILES string of the molecule is O=C(O)c1ccc(CN2CCN(c3cccc(O)c3)CC2)cc1. The summed E-state index contributed by atoms with van der Waals surface area (Å²) in [4.78, 5) is 15.5. The number of piperazine rings is 1. The van der Waals surface area contributed by atoms with Crippen molar-refractivity contribution in [3.8, 4) is 5.75 Å². The molecule has 0 radical (unpaired) electrons. The van der Waals surface area contributed by atoms with E-state index in [0.29, 0.717) is 11.3 Å². The summed E-state index contributed by atoms with van der Waals surface area (Å²) in [6, 6.07) is 14.4. The first-order valence-electron chi connectivity index (χ1n) is 7.70. The summed E-state index contributed by atoms with van der Waals surface area (Å²) in [7, 11) is 0. The fourth-order valence-corrected chi connectivity index (χ4v) is 2.86. The van der Waals surface area contributed by atoms with Crippen LogP contribution in [0.4, 0.5) is 5.69 Å². The van der Waals surface area contributed by atoms with Gasteiger partial charge in [-0.3, -0.25) is 4.90 Å². The normalized spacial score (nSPS) is 15.6. The van der Waals surface area contributed by atoms with E-state index in [0.717, 1.165) is 44.0 Å². The van der Waals surface area contributed by atoms with Crippen LogP contribution in [0.1, 0.15) is 15.9 Å². The third-order valence-corrected chi connectivity index (χ3v) is 4.17. The lowest BCUT2D eigenvalue weighted by molar-refractivity contribution is 0.0697. The van der Waals surface area contributed by atoms with Gasteiger partial charge in [0.05, 0.1) is 5.56 Å². The fourth-order valence-electron chi connectivity index (χ4n) is 2.86. The molecule has 23 heavy (non-hydrogen) atoms. The van der Waals surface area contributed by atoms with Crippen LogP contribution >= 0.6 is 0 Å². The lowest BCUT2D eigenvalue weighted by Gasteiger charge is -2.36. The van der Waals surface area contributed by atoms with E-state index in [2.05, 4.69) is 9.80 Å². The smallest absolute Gasteiger partial charge is 0.335 e. The molecule has 0 unspecified atom stereocenters. The van der Waals surface area contributed by atoms with Crippen LogP contribution in [0.15, 0.2) is 48.5 Å². The van der Waals surface area contributed by atoms with Gasteiger partial charge in [-0.25, -0.2) is 4.79 Å². The predicted octanol–water partition coefficient (Wildman–Crippen LogP) is 2.41. The van der Waals surface area contributed by atoms with Gasteiger partial charge in [0.15, 0.2) is 0 Å². The van der Waals surface area contributed by atoms with E-state index in [9.17, 15) is 9.90 Å². The first-order valence-corrected chi connectivity index (χ1v) is 7.70. The summed E-state index contributed by atoms with van der Waals surface area (Å²) in [5, 5.41) is 18.5. The molecule has 0 aliphatic carbocycles. The Morgan fingerprint density at radius 2 is 1.70 bits per heavy atom. The van der Waals surface area contributed by atoms with Crippen molar-refractivity contribution in [3.05, 3.63) is 59.7 Å². The molecule has 2 aromatic carbocycles. The molecule has 1 aliphatic heterocycles. The third kappa shape index (κ3) is 3.81. The number of rotatable bonds is 4. The highest BCUT2D eigenvalue weighted by Gasteiger charge is 2.17. The van der Waals surface area contributed by atoms with Gasteiger partial charge in [-0.05, 0) is 29.8 Å². The number of anilines is 1. The second kappa shape index (κ2) is 6.71. The minimum absolute atomic E-state index is 0.295. The summed E-state index contributed by atoms with van der Waals surface area (Å²) in [5.74, 6) is -0.597. The zero-order valence-corrected chi connectivity index (χ0v) is 12.9. The van der Waals surface area contributed by atoms with E-state index in [4.69, 9.17) is 5.11 Å². The zero-order valence-electron chi connectivity index (χ0n) is 12.9. The Balaban J connectivity index is 1.55. The summed E-state index contributed by atoms with van der Waals surface area (Å²) in [5.41, 5.74) is 2.50. The Morgan fingerprint density at radius 3 is 2.30 bits per heavy atom. The van der Waals surface area contributed by atoms with Crippen molar-refractivity contribution in [1.29, 1.82) is 0 Å². The van der Waals surface area contributed by atoms with E-state index >= 15 is 0 Å². The summed E-state index contributed by atoms with van der Waals surface area (Å²) in [6.07, 6.45) is 0. The number of aromatic hydroxyl groups is 1. The van der Waals surface area contributed by atoms with Gasteiger partial charge >= 0.3 is 5.97 Å². The predicted molar refractivity (Wildman–Crippen MR) is 89.0 cm³/mol. The standard InChI is InChI=1S/C18H20N2O3/c21-17-3-1-2-16(12-17)20-10-8-19(9-11-20)13-14-4-6-15(7-5-14)18(22)23/h1-7,12,21H,8-11,13H2,(H,22,23). The van der Waals surface area contributed by atoms with Gasteiger partial charge in [0.25, 0.3) is 0 Å². The van der Waals surface area contributed by atoms with Crippen molar-refractivity contribution in [3.63, 3.8) is 0 Å². The van der Waals surface area contributed by atoms with Gasteiger partial charge in [-0.1, -0.05) is 18.2 Å². The van der Waals surface area contributed by atoms with Crippen LogP contribution in [0.25, 0.3) is 0 Å². The van der Waals surface area contributed by atoms with Gasteiger partial charge in [-0.15, -0.1) is 0 Å². The number of hydrogen-bond acceptors (Lipinski definition) is 4. The van der Waals surface area contributed by atoms with Crippen LogP contribution in [0.5, 0.6) is 5.75 Å². The molecule has 0 amide bonds. The van der Waals surface area contributed by atoms with Crippen LogP contribution in [-0.2, 0) is 6.54 Å². The number of carbonyl (C=O) groups is 1. The van der Waals surface area contributed by atoms with E-state index in [-0.39, 0.29) is 0 Å². The number of benzene rings is 2. The average Bonchev–Trinajstić information content (AvgIpc) is 2.56. The lowest BCUT2D eigenvalue weighted by atomic mass is 10.1. The molecule has 1 heterocycles. The molecule has 0 bridgehead atoms. The van der Waals surface area contributed by atoms with E-state index in [1.165, 1.54) is 0 Å². The highest BCUT2D eigenvalue weighted by atomic mass is 16.4. The van der Waals surface area contributed by atoms with Gasteiger partial charge < -0.3 is 15.1 Å². The quantitative estimate of drug-likeness (QED) is 0.908. The van der Waals surface area contributed by atoms with Gasteiger partial charge in [0, 0.05) is 44.5 Å².